The van der Waals surface area contributed by atoms with E-state index in [0.717, 1.165) is 17.7 Å². The summed E-state index contributed by atoms with van der Waals surface area (Å²) in [6, 6.07) is 15.7. The number of fused-ring (bicyclic) bond motifs is 1. The van der Waals surface area contributed by atoms with Gasteiger partial charge in [-0.1, -0.05) is 24.3 Å². The smallest absolute Gasteiger partial charge is 0.279 e. The van der Waals surface area contributed by atoms with Crippen molar-refractivity contribution >= 4 is 17.3 Å². The number of rotatable bonds is 3. The number of nitro groups is 1. The van der Waals surface area contributed by atoms with Gasteiger partial charge in [-0.25, -0.2) is 4.68 Å². The van der Waals surface area contributed by atoms with Gasteiger partial charge in [0.2, 0.25) is 0 Å². The summed E-state index contributed by atoms with van der Waals surface area (Å²) in [7, 11) is 0. The average Bonchev–Trinajstić information content (AvgIpc) is 3.25. The van der Waals surface area contributed by atoms with E-state index in [9.17, 15) is 14.9 Å². The van der Waals surface area contributed by atoms with E-state index in [1.165, 1.54) is 16.8 Å². The Kier molecular flexibility index (Phi) is 3.76. The predicted octanol–water partition coefficient (Wildman–Crippen LogP) is 3.37. The van der Waals surface area contributed by atoms with Gasteiger partial charge >= 0.3 is 0 Å². The van der Waals surface area contributed by atoms with Gasteiger partial charge in [-0.2, -0.15) is 5.10 Å². The van der Waals surface area contributed by atoms with Crippen LogP contribution in [0.2, 0.25) is 0 Å². The van der Waals surface area contributed by atoms with E-state index in [-0.39, 0.29) is 17.6 Å². The van der Waals surface area contributed by atoms with Crippen molar-refractivity contribution in [3.8, 4) is 5.69 Å². The van der Waals surface area contributed by atoms with Gasteiger partial charge in [0.05, 0.1) is 10.6 Å². The van der Waals surface area contributed by atoms with Crippen LogP contribution >= 0.6 is 0 Å². The number of anilines is 1. The highest BCUT2D eigenvalue weighted by atomic mass is 16.6. The molecule has 1 aromatic heterocycles. The lowest BCUT2D eigenvalue weighted by molar-refractivity contribution is -0.384. The number of hydrogen-bond donors (Lipinski definition) is 0. The van der Waals surface area contributed by atoms with Crippen molar-refractivity contribution in [1.29, 1.82) is 0 Å². The number of carbonyl (C=O) groups excluding carboxylic acids is 1. The Labute approximate surface area is 149 Å². The lowest BCUT2D eigenvalue weighted by Gasteiger charge is -2.21. The molecule has 2 aromatic carbocycles. The molecule has 7 nitrogen and oxygen atoms in total. The first-order valence-electron chi connectivity index (χ1n) is 8.26. The molecule has 0 aliphatic carbocycles. The van der Waals surface area contributed by atoms with Crippen LogP contribution in [0.1, 0.15) is 23.0 Å². The molecular formula is C19H16N4O3. The first-order chi connectivity index (χ1) is 12.5. The summed E-state index contributed by atoms with van der Waals surface area (Å²) in [5.74, 6) is -0.174. The minimum absolute atomic E-state index is 0.0204. The van der Waals surface area contributed by atoms with E-state index >= 15 is 0 Å². The van der Waals surface area contributed by atoms with Crippen LogP contribution in [-0.2, 0) is 6.42 Å². The van der Waals surface area contributed by atoms with Crippen molar-refractivity contribution in [3.05, 3.63) is 82.2 Å². The monoisotopic (exact) mass is 348 g/mol. The van der Waals surface area contributed by atoms with E-state index < -0.39 is 4.92 Å². The molecule has 1 aliphatic heterocycles. The second kappa shape index (κ2) is 6.11. The highest BCUT2D eigenvalue weighted by molar-refractivity contribution is 6.06. The summed E-state index contributed by atoms with van der Waals surface area (Å²) in [4.78, 5) is 25.2. The topological polar surface area (TPSA) is 81.3 Å². The number of benzene rings is 2. The molecule has 130 valence electrons. The summed E-state index contributed by atoms with van der Waals surface area (Å²) >= 11 is 0. The molecule has 0 N–H and O–H groups in total. The van der Waals surface area contributed by atoms with E-state index in [2.05, 4.69) is 5.10 Å². The largest absolute Gasteiger partial charge is 0.304 e. The minimum atomic E-state index is -0.456. The van der Waals surface area contributed by atoms with Crippen molar-refractivity contribution < 1.29 is 9.72 Å². The van der Waals surface area contributed by atoms with Gasteiger partial charge in [0.1, 0.15) is 0 Å². The summed E-state index contributed by atoms with van der Waals surface area (Å²) in [5.41, 5.74) is 2.88. The first kappa shape index (κ1) is 16.0. The molecule has 1 aliphatic rings. The fourth-order valence-electron chi connectivity index (χ4n) is 3.33. The van der Waals surface area contributed by atoms with Gasteiger partial charge in [0.15, 0.2) is 5.69 Å². The highest BCUT2D eigenvalue weighted by Crippen LogP contribution is 2.32. The standard InChI is InChI=1S/C19H16N4O3/c1-13-11-14-5-2-3-8-18(14)22(13)19(24)17-9-10-21(20-17)15-6-4-7-16(12-15)23(25)26/h2-10,12-13H,11H2,1H3/t13-/m1/s1. The number of hydrogen-bond acceptors (Lipinski definition) is 4. The maximum absolute atomic E-state index is 13.0. The Morgan fingerprint density at radius 1 is 1.19 bits per heavy atom. The molecule has 0 saturated carbocycles. The molecule has 0 saturated heterocycles. The van der Waals surface area contributed by atoms with Crippen LogP contribution in [0.15, 0.2) is 60.8 Å². The summed E-state index contributed by atoms with van der Waals surface area (Å²) < 4.78 is 1.48. The molecule has 1 atom stereocenters. The second-order valence-electron chi connectivity index (χ2n) is 6.28. The van der Waals surface area contributed by atoms with Crippen LogP contribution in [0, 0.1) is 10.1 Å². The second-order valence-corrected chi connectivity index (χ2v) is 6.28. The number of nitro benzene ring substituents is 1. The third-order valence-electron chi connectivity index (χ3n) is 4.54. The third-order valence-corrected chi connectivity index (χ3v) is 4.54. The molecule has 7 heteroatoms. The van der Waals surface area contributed by atoms with Crippen LogP contribution in [0.4, 0.5) is 11.4 Å². The van der Waals surface area contributed by atoms with Crippen LogP contribution < -0.4 is 4.90 Å². The summed E-state index contributed by atoms with van der Waals surface area (Å²) in [5, 5.41) is 15.3. The van der Waals surface area contributed by atoms with Gasteiger partial charge in [-0.05, 0) is 37.1 Å². The first-order valence-corrected chi connectivity index (χ1v) is 8.26. The molecule has 0 unspecified atom stereocenters. The lowest BCUT2D eigenvalue weighted by Crippen LogP contribution is -2.36. The number of amides is 1. The quantitative estimate of drug-likeness (QED) is 0.537. The Hall–Kier alpha value is -3.48. The van der Waals surface area contributed by atoms with Gasteiger partial charge in [-0.15, -0.1) is 0 Å². The lowest BCUT2D eigenvalue weighted by atomic mass is 10.1. The Balaban J connectivity index is 1.65. The Bertz CT molecular complexity index is 1010. The Morgan fingerprint density at radius 3 is 2.81 bits per heavy atom. The van der Waals surface area contributed by atoms with Crippen molar-refractivity contribution in [2.75, 3.05) is 4.90 Å². The molecule has 4 rings (SSSR count). The van der Waals surface area contributed by atoms with E-state index in [1.54, 1.807) is 29.3 Å². The fraction of sp³-hybridized carbons (Fsp3) is 0.158. The highest BCUT2D eigenvalue weighted by Gasteiger charge is 2.32. The molecule has 0 radical (unpaired) electrons. The minimum Gasteiger partial charge on any atom is -0.304 e. The van der Waals surface area contributed by atoms with Crippen molar-refractivity contribution in [2.24, 2.45) is 0 Å². The molecule has 1 amide bonds. The molecule has 2 heterocycles. The van der Waals surface area contributed by atoms with Crippen LogP contribution in [0.3, 0.4) is 0 Å². The molecule has 26 heavy (non-hydrogen) atoms. The zero-order valence-corrected chi connectivity index (χ0v) is 14.1. The van der Waals surface area contributed by atoms with Gasteiger partial charge in [0.25, 0.3) is 11.6 Å². The van der Waals surface area contributed by atoms with Crippen LogP contribution in [-0.4, -0.2) is 26.7 Å². The normalized spacial score (nSPS) is 15.7. The molecule has 3 aromatic rings. The number of nitrogens with zero attached hydrogens (tertiary/aromatic N) is 4. The SMILES string of the molecule is C[C@@H]1Cc2ccccc2N1C(=O)c1ccn(-c2cccc([N+](=O)[O-])c2)n1. The van der Waals surface area contributed by atoms with E-state index in [0.29, 0.717) is 11.4 Å². The van der Waals surface area contributed by atoms with Gasteiger partial charge in [-0.3, -0.25) is 14.9 Å². The fourth-order valence-corrected chi connectivity index (χ4v) is 3.33. The van der Waals surface area contributed by atoms with Crippen molar-refractivity contribution in [1.82, 2.24) is 9.78 Å². The predicted molar refractivity (Wildman–Crippen MR) is 96.6 cm³/mol. The van der Waals surface area contributed by atoms with Crippen molar-refractivity contribution in [2.45, 2.75) is 19.4 Å². The number of aromatic nitrogens is 2. The van der Waals surface area contributed by atoms with Crippen LogP contribution in [0.25, 0.3) is 5.69 Å². The maximum Gasteiger partial charge on any atom is 0.279 e. The summed E-state index contributed by atoms with van der Waals surface area (Å²) in [6.45, 7) is 2.01. The molecule has 0 spiro atoms. The van der Waals surface area contributed by atoms with Gasteiger partial charge < -0.3 is 4.90 Å². The third kappa shape index (κ3) is 2.63. The Morgan fingerprint density at radius 2 is 2.00 bits per heavy atom. The number of para-hydroxylation sites is 1. The van der Waals surface area contributed by atoms with E-state index in [4.69, 9.17) is 0 Å². The number of non-ortho nitro benzene ring substituents is 1. The average molecular weight is 348 g/mol. The van der Waals surface area contributed by atoms with Crippen molar-refractivity contribution in [3.63, 3.8) is 0 Å². The molecule has 0 fully saturated rings. The molecule has 0 bridgehead atoms. The summed E-state index contributed by atoms with van der Waals surface area (Å²) in [6.07, 6.45) is 2.45. The zero-order valence-electron chi connectivity index (χ0n) is 14.1. The van der Waals surface area contributed by atoms with Crippen LogP contribution in [0.5, 0.6) is 0 Å². The van der Waals surface area contributed by atoms with Gasteiger partial charge in [0, 0.05) is 30.1 Å². The molecular weight excluding hydrogens is 332 g/mol. The maximum atomic E-state index is 13.0. The van der Waals surface area contributed by atoms with E-state index in [1.807, 2.05) is 31.2 Å². The zero-order chi connectivity index (χ0) is 18.3. The number of carbonyl (C=O) groups is 1.